The lowest BCUT2D eigenvalue weighted by Crippen LogP contribution is -2.65. The first kappa shape index (κ1) is 16.8. The first-order chi connectivity index (χ1) is 12.2. The summed E-state index contributed by atoms with van der Waals surface area (Å²) >= 11 is 0. The van der Waals surface area contributed by atoms with Gasteiger partial charge >= 0.3 is 6.03 Å². The molecule has 1 N–H and O–H groups in total. The zero-order valence-corrected chi connectivity index (χ0v) is 15.3. The Labute approximate surface area is 149 Å². The van der Waals surface area contributed by atoms with Gasteiger partial charge in [-0.15, -0.1) is 10.2 Å². The van der Waals surface area contributed by atoms with Crippen molar-refractivity contribution in [1.29, 1.82) is 0 Å². The highest BCUT2D eigenvalue weighted by atomic mass is 16.5. The molecule has 2 saturated carbocycles. The van der Waals surface area contributed by atoms with Crippen LogP contribution in [0.3, 0.4) is 0 Å². The zero-order chi connectivity index (χ0) is 17.4. The fourth-order valence-electron chi connectivity index (χ4n) is 5.16. The molecule has 1 aromatic heterocycles. The lowest BCUT2D eigenvalue weighted by Gasteiger charge is -2.56. The van der Waals surface area contributed by atoms with Crippen LogP contribution >= 0.6 is 0 Å². The van der Waals surface area contributed by atoms with E-state index in [2.05, 4.69) is 27.0 Å². The minimum atomic E-state index is -0.0124. The number of aryl methyl sites for hydroxylation is 1. The smallest absolute Gasteiger partial charge is 0.317 e. The Bertz CT molecular complexity index is 637. The number of nitrogens with one attached hydrogen (secondary N) is 1. The van der Waals surface area contributed by atoms with E-state index < -0.39 is 0 Å². The number of urea groups is 1. The quantitative estimate of drug-likeness (QED) is 0.885. The summed E-state index contributed by atoms with van der Waals surface area (Å²) < 4.78 is 8.10. The van der Waals surface area contributed by atoms with Crippen LogP contribution in [0.1, 0.15) is 57.1 Å². The Morgan fingerprint density at radius 2 is 2.16 bits per heavy atom. The van der Waals surface area contributed by atoms with Gasteiger partial charge < -0.3 is 19.5 Å². The van der Waals surface area contributed by atoms with Crippen molar-refractivity contribution in [1.82, 2.24) is 25.0 Å². The molecular weight excluding hydrogens is 318 g/mol. The van der Waals surface area contributed by atoms with Crippen LogP contribution in [-0.4, -0.2) is 51.5 Å². The van der Waals surface area contributed by atoms with Gasteiger partial charge in [0, 0.05) is 38.1 Å². The van der Waals surface area contributed by atoms with Crippen molar-refractivity contribution in [3.63, 3.8) is 0 Å². The van der Waals surface area contributed by atoms with Crippen molar-refractivity contribution in [2.45, 2.75) is 77.1 Å². The average Bonchev–Trinajstić information content (AvgIpc) is 3.33. The Kier molecular flexibility index (Phi) is 4.43. The SMILES string of the molecule is CCO[C@H]1C[C@@H](N(C)C(=O)NCc2nnc3n2CCC3)C12CCCC2. The monoisotopic (exact) mass is 347 g/mol. The molecular formula is C18H29N5O2. The first-order valence-electron chi connectivity index (χ1n) is 9.69. The largest absolute Gasteiger partial charge is 0.378 e. The number of ether oxygens (including phenoxy) is 1. The first-order valence-corrected chi connectivity index (χ1v) is 9.69. The third-order valence-corrected chi connectivity index (χ3v) is 6.52. The van der Waals surface area contributed by atoms with E-state index in [-0.39, 0.29) is 17.5 Å². The predicted molar refractivity (Wildman–Crippen MR) is 93.1 cm³/mol. The molecule has 0 radical (unpaired) electrons. The van der Waals surface area contributed by atoms with Crippen molar-refractivity contribution in [2.75, 3.05) is 13.7 Å². The Balaban J connectivity index is 1.37. The van der Waals surface area contributed by atoms with Crippen LogP contribution in [0.25, 0.3) is 0 Å². The number of fused-ring (bicyclic) bond motifs is 1. The van der Waals surface area contributed by atoms with E-state index >= 15 is 0 Å². The molecule has 1 aromatic rings. The van der Waals surface area contributed by atoms with Gasteiger partial charge in [-0.2, -0.15) is 0 Å². The second kappa shape index (κ2) is 6.59. The van der Waals surface area contributed by atoms with Gasteiger partial charge in [-0.3, -0.25) is 0 Å². The van der Waals surface area contributed by atoms with Crippen molar-refractivity contribution in [2.24, 2.45) is 5.41 Å². The molecule has 2 atom stereocenters. The van der Waals surface area contributed by atoms with Crippen molar-refractivity contribution in [3.8, 4) is 0 Å². The topological polar surface area (TPSA) is 72.3 Å². The Morgan fingerprint density at radius 1 is 1.36 bits per heavy atom. The standard InChI is InChI=1S/C18H29N5O2/c1-3-25-14-11-13(18(14)8-4-5-9-18)22(2)17(24)19-12-16-21-20-15-7-6-10-23(15)16/h13-14H,3-12H2,1-2H3,(H,19,24)/t13-,14+/m1/s1. The summed E-state index contributed by atoms with van der Waals surface area (Å²) in [6.45, 7) is 4.23. The normalized spacial score (nSPS) is 26.5. The summed E-state index contributed by atoms with van der Waals surface area (Å²) in [5.41, 5.74) is 0.179. The van der Waals surface area contributed by atoms with Crippen LogP contribution in [0.2, 0.25) is 0 Å². The van der Waals surface area contributed by atoms with Gasteiger partial charge in [-0.25, -0.2) is 4.79 Å². The highest BCUT2D eigenvalue weighted by molar-refractivity contribution is 5.74. The minimum Gasteiger partial charge on any atom is -0.378 e. The number of aromatic nitrogens is 3. The number of amides is 2. The molecule has 2 aliphatic carbocycles. The lowest BCUT2D eigenvalue weighted by atomic mass is 9.60. The molecule has 0 unspecified atom stereocenters. The van der Waals surface area contributed by atoms with E-state index in [1.165, 1.54) is 25.7 Å². The molecule has 0 aromatic carbocycles. The molecule has 1 spiro atoms. The number of nitrogens with zero attached hydrogens (tertiary/aromatic N) is 4. The summed E-state index contributed by atoms with van der Waals surface area (Å²) in [6, 6.07) is 0.275. The fraction of sp³-hybridized carbons (Fsp3) is 0.833. The van der Waals surface area contributed by atoms with Crippen LogP contribution in [0, 0.1) is 5.41 Å². The van der Waals surface area contributed by atoms with Gasteiger partial charge in [-0.05, 0) is 32.6 Å². The van der Waals surface area contributed by atoms with Gasteiger partial charge in [0.15, 0.2) is 5.82 Å². The van der Waals surface area contributed by atoms with Crippen LogP contribution < -0.4 is 5.32 Å². The third-order valence-electron chi connectivity index (χ3n) is 6.52. The predicted octanol–water partition coefficient (Wildman–Crippen LogP) is 2.10. The number of hydrogen-bond donors (Lipinski definition) is 1. The Morgan fingerprint density at radius 3 is 2.92 bits per heavy atom. The van der Waals surface area contributed by atoms with E-state index in [9.17, 15) is 4.79 Å². The summed E-state index contributed by atoms with van der Waals surface area (Å²) in [4.78, 5) is 14.6. The van der Waals surface area contributed by atoms with Crippen LogP contribution in [-0.2, 0) is 24.2 Å². The summed E-state index contributed by atoms with van der Waals surface area (Å²) in [5.74, 6) is 1.91. The molecule has 138 valence electrons. The average molecular weight is 347 g/mol. The maximum absolute atomic E-state index is 12.7. The highest BCUT2D eigenvalue weighted by Crippen LogP contribution is 2.56. The minimum absolute atomic E-state index is 0.0124. The zero-order valence-electron chi connectivity index (χ0n) is 15.3. The van der Waals surface area contributed by atoms with Crippen LogP contribution in [0.15, 0.2) is 0 Å². The summed E-state index contributed by atoms with van der Waals surface area (Å²) in [7, 11) is 1.93. The molecule has 0 bridgehead atoms. The van der Waals surface area contributed by atoms with E-state index in [4.69, 9.17) is 4.74 Å². The van der Waals surface area contributed by atoms with Crippen molar-refractivity contribution in [3.05, 3.63) is 11.6 Å². The van der Waals surface area contributed by atoms with E-state index in [1.807, 2.05) is 11.9 Å². The summed E-state index contributed by atoms with van der Waals surface area (Å²) in [5, 5.41) is 11.5. The second-order valence-corrected chi connectivity index (χ2v) is 7.69. The molecule has 3 aliphatic rings. The van der Waals surface area contributed by atoms with E-state index in [0.29, 0.717) is 12.6 Å². The van der Waals surface area contributed by atoms with E-state index in [1.54, 1.807) is 0 Å². The maximum atomic E-state index is 12.7. The highest BCUT2D eigenvalue weighted by Gasteiger charge is 2.58. The summed E-state index contributed by atoms with van der Waals surface area (Å²) in [6.07, 6.45) is 8.25. The molecule has 2 heterocycles. The molecule has 1 aliphatic heterocycles. The molecule has 0 saturated heterocycles. The molecule has 2 amide bonds. The molecule has 4 rings (SSSR count). The number of rotatable bonds is 5. The van der Waals surface area contributed by atoms with Gasteiger partial charge in [0.1, 0.15) is 5.82 Å². The van der Waals surface area contributed by atoms with Crippen LogP contribution in [0.4, 0.5) is 4.79 Å². The molecule has 7 heteroatoms. The number of hydrogen-bond acceptors (Lipinski definition) is 4. The maximum Gasteiger partial charge on any atom is 0.317 e. The fourth-order valence-corrected chi connectivity index (χ4v) is 5.16. The van der Waals surface area contributed by atoms with Crippen molar-refractivity contribution >= 4 is 6.03 Å². The van der Waals surface area contributed by atoms with Gasteiger partial charge in [-0.1, -0.05) is 12.8 Å². The van der Waals surface area contributed by atoms with Crippen molar-refractivity contribution < 1.29 is 9.53 Å². The number of carbonyl (C=O) groups is 1. The van der Waals surface area contributed by atoms with Crippen LogP contribution in [0.5, 0.6) is 0 Å². The van der Waals surface area contributed by atoms with Gasteiger partial charge in [0.05, 0.1) is 12.6 Å². The van der Waals surface area contributed by atoms with E-state index in [0.717, 1.165) is 44.1 Å². The lowest BCUT2D eigenvalue weighted by molar-refractivity contribution is -0.151. The Hall–Kier alpha value is -1.63. The van der Waals surface area contributed by atoms with Gasteiger partial charge in [0.25, 0.3) is 0 Å². The molecule has 7 nitrogen and oxygen atoms in total. The van der Waals surface area contributed by atoms with Gasteiger partial charge in [0.2, 0.25) is 0 Å². The molecule has 2 fully saturated rings. The second-order valence-electron chi connectivity index (χ2n) is 7.69. The third kappa shape index (κ3) is 2.72. The number of carbonyl (C=O) groups excluding carboxylic acids is 1. The molecule has 25 heavy (non-hydrogen) atoms.